The maximum Gasteiger partial charge on any atom is 0.238 e. The molecule has 0 bridgehead atoms. The molecule has 0 saturated heterocycles. The second-order valence-corrected chi connectivity index (χ2v) is 7.97. The highest BCUT2D eigenvalue weighted by Crippen LogP contribution is 2.46. The van der Waals surface area contributed by atoms with Crippen LogP contribution in [0.15, 0.2) is 54.6 Å². The lowest BCUT2D eigenvalue weighted by Crippen LogP contribution is -2.22. The summed E-state index contributed by atoms with van der Waals surface area (Å²) in [5.74, 6) is 1.54. The smallest absolute Gasteiger partial charge is 0.238 e. The lowest BCUT2D eigenvalue weighted by Gasteiger charge is -2.18. The van der Waals surface area contributed by atoms with E-state index < -0.39 is 0 Å². The van der Waals surface area contributed by atoms with Gasteiger partial charge in [0.05, 0.1) is 29.0 Å². The number of fused-ring (bicyclic) bond motifs is 1. The molecular weight excluding hydrogens is 358 g/mol. The quantitative estimate of drug-likeness (QED) is 0.735. The molecule has 5 nitrogen and oxygen atoms in total. The SMILES string of the molecule is COc1cccc([C@@H]2S[C@@H](C)C(=O)Nc3c2c(C)nn3-c2ccccc2)c1. The summed E-state index contributed by atoms with van der Waals surface area (Å²) in [7, 11) is 1.66. The molecule has 0 fully saturated rings. The van der Waals surface area contributed by atoms with Crippen LogP contribution in [0.25, 0.3) is 5.69 Å². The molecule has 0 aliphatic carbocycles. The molecule has 0 spiro atoms. The normalized spacial score (nSPS) is 19.1. The maximum absolute atomic E-state index is 12.7. The Kier molecular flexibility index (Phi) is 4.66. The number of ether oxygens (including phenoxy) is 1. The van der Waals surface area contributed by atoms with Gasteiger partial charge in [-0.3, -0.25) is 4.79 Å². The zero-order chi connectivity index (χ0) is 19.0. The third kappa shape index (κ3) is 3.21. The van der Waals surface area contributed by atoms with E-state index in [-0.39, 0.29) is 16.4 Å². The van der Waals surface area contributed by atoms with Crippen LogP contribution in [0, 0.1) is 6.92 Å². The number of aryl methyl sites for hydroxylation is 1. The number of anilines is 1. The van der Waals surface area contributed by atoms with Gasteiger partial charge >= 0.3 is 0 Å². The first-order valence-corrected chi connectivity index (χ1v) is 9.78. The van der Waals surface area contributed by atoms with Crippen LogP contribution in [-0.4, -0.2) is 28.0 Å². The molecular formula is C21H21N3O2S. The number of thioether (sulfide) groups is 1. The van der Waals surface area contributed by atoms with Gasteiger partial charge in [-0.2, -0.15) is 5.10 Å². The van der Waals surface area contributed by atoms with Crippen molar-refractivity contribution in [2.45, 2.75) is 24.3 Å². The molecule has 2 atom stereocenters. The predicted molar refractivity (Wildman–Crippen MR) is 109 cm³/mol. The minimum Gasteiger partial charge on any atom is -0.497 e. The van der Waals surface area contributed by atoms with Gasteiger partial charge in [0.2, 0.25) is 5.91 Å². The van der Waals surface area contributed by atoms with Crippen molar-refractivity contribution in [3.8, 4) is 11.4 Å². The largest absolute Gasteiger partial charge is 0.497 e. The first kappa shape index (κ1) is 17.7. The van der Waals surface area contributed by atoms with E-state index >= 15 is 0 Å². The molecule has 3 aromatic rings. The van der Waals surface area contributed by atoms with Gasteiger partial charge in [-0.15, -0.1) is 11.8 Å². The number of nitrogens with one attached hydrogen (secondary N) is 1. The van der Waals surface area contributed by atoms with Gasteiger partial charge < -0.3 is 10.1 Å². The van der Waals surface area contributed by atoms with Crippen LogP contribution in [0.3, 0.4) is 0 Å². The summed E-state index contributed by atoms with van der Waals surface area (Å²) in [6, 6.07) is 17.9. The lowest BCUT2D eigenvalue weighted by molar-refractivity contribution is -0.115. The number of benzene rings is 2. The molecule has 1 aliphatic heterocycles. The fourth-order valence-electron chi connectivity index (χ4n) is 3.33. The summed E-state index contributed by atoms with van der Waals surface area (Å²) in [5, 5.41) is 7.64. The van der Waals surface area contributed by atoms with Gasteiger partial charge in [0.15, 0.2) is 0 Å². The van der Waals surface area contributed by atoms with E-state index in [0.717, 1.165) is 34.1 Å². The van der Waals surface area contributed by atoms with Crippen molar-refractivity contribution in [3.05, 3.63) is 71.4 Å². The van der Waals surface area contributed by atoms with Crippen molar-refractivity contribution in [1.82, 2.24) is 9.78 Å². The zero-order valence-electron chi connectivity index (χ0n) is 15.5. The van der Waals surface area contributed by atoms with Gasteiger partial charge in [-0.25, -0.2) is 4.68 Å². The number of hydrogen-bond acceptors (Lipinski definition) is 4. The third-order valence-corrected chi connectivity index (χ3v) is 6.12. The van der Waals surface area contributed by atoms with E-state index in [4.69, 9.17) is 9.84 Å². The van der Waals surface area contributed by atoms with Crippen LogP contribution in [0.1, 0.15) is 29.0 Å². The number of methoxy groups -OCH3 is 1. The van der Waals surface area contributed by atoms with Crippen LogP contribution in [0.5, 0.6) is 5.75 Å². The molecule has 1 N–H and O–H groups in total. The zero-order valence-corrected chi connectivity index (χ0v) is 16.3. The maximum atomic E-state index is 12.7. The van der Waals surface area contributed by atoms with E-state index in [9.17, 15) is 4.79 Å². The number of nitrogens with zero attached hydrogens (tertiary/aromatic N) is 2. The average Bonchev–Trinajstić information content (AvgIpc) is 2.95. The Labute approximate surface area is 162 Å². The van der Waals surface area contributed by atoms with Crippen molar-refractivity contribution in [1.29, 1.82) is 0 Å². The summed E-state index contributed by atoms with van der Waals surface area (Å²) in [5.41, 5.74) is 3.96. The van der Waals surface area contributed by atoms with E-state index in [2.05, 4.69) is 11.4 Å². The lowest BCUT2D eigenvalue weighted by atomic mass is 10.0. The van der Waals surface area contributed by atoms with Crippen molar-refractivity contribution >= 4 is 23.5 Å². The third-order valence-electron chi connectivity index (χ3n) is 4.72. The van der Waals surface area contributed by atoms with Crippen molar-refractivity contribution in [3.63, 3.8) is 0 Å². The summed E-state index contributed by atoms with van der Waals surface area (Å²) in [6.45, 7) is 3.93. The second kappa shape index (κ2) is 7.12. The van der Waals surface area contributed by atoms with Gasteiger partial charge in [-0.1, -0.05) is 30.3 Å². The summed E-state index contributed by atoms with van der Waals surface area (Å²) < 4.78 is 7.23. The Morgan fingerprint density at radius 3 is 2.67 bits per heavy atom. The highest BCUT2D eigenvalue weighted by Gasteiger charge is 2.34. The van der Waals surface area contributed by atoms with Crippen molar-refractivity contribution < 1.29 is 9.53 Å². The van der Waals surface area contributed by atoms with Crippen molar-refractivity contribution in [2.75, 3.05) is 12.4 Å². The van der Waals surface area contributed by atoms with Gasteiger partial charge in [0, 0.05) is 5.56 Å². The minimum atomic E-state index is -0.183. The number of rotatable bonds is 3. The fraction of sp³-hybridized carbons (Fsp3) is 0.238. The molecule has 4 rings (SSSR count). The molecule has 1 aromatic heterocycles. The number of para-hydroxylation sites is 1. The average molecular weight is 379 g/mol. The monoisotopic (exact) mass is 379 g/mol. The van der Waals surface area contributed by atoms with Crippen molar-refractivity contribution in [2.24, 2.45) is 0 Å². The predicted octanol–water partition coefficient (Wildman–Crippen LogP) is 4.35. The Morgan fingerprint density at radius 2 is 1.93 bits per heavy atom. The summed E-state index contributed by atoms with van der Waals surface area (Å²) >= 11 is 1.63. The number of hydrogen-bond donors (Lipinski definition) is 1. The second-order valence-electron chi connectivity index (χ2n) is 6.52. The molecule has 6 heteroatoms. The number of aromatic nitrogens is 2. The molecule has 0 radical (unpaired) electrons. The fourth-order valence-corrected chi connectivity index (χ4v) is 4.64. The topological polar surface area (TPSA) is 56.1 Å². The molecule has 27 heavy (non-hydrogen) atoms. The first-order valence-electron chi connectivity index (χ1n) is 8.83. The van der Waals surface area contributed by atoms with Crippen LogP contribution in [-0.2, 0) is 4.79 Å². The van der Waals surface area contributed by atoms with Gasteiger partial charge in [-0.05, 0) is 43.7 Å². The number of amides is 1. The Balaban J connectivity index is 1.90. The molecule has 0 saturated carbocycles. The van der Waals surface area contributed by atoms with Crippen LogP contribution < -0.4 is 10.1 Å². The van der Waals surface area contributed by atoms with Gasteiger partial charge in [0.25, 0.3) is 0 Å². The van der Waals surface area contributed by atoms with Gasteiger partial charge in [0.1, 0.15) is 11.6 Å². The van der Waals surface area contributed by atoms with E-state index in [1.807, 2.05) is 67.1 Å². The Hall–Kier alpha value is -2.73. The van der Waals surface area contributed by atoms with E-state index in [1.165, 1.54) is 0 Å². The Morgan fingerprint density at radius 1 is 1.15 bits per heavy atom. The van der Waals surface area contributed by atoms with E-state index in [0.29, 0.717) is 0 Å². The molecule has 1 amide bonds. The van der Waals surface area contributed by atoms with Crippen LogP contribution in [0.4, 0.5) is 5.82 Å². The summed E-state index contributed by atoms with van der Waals surface area (Å²) in [6.07, 6.45) is 0. The van der Waals surface area contributed by atoms with E-state index in [1.54, 1.807) is 18.9 Å². The number of carbonyl (C=O) groups is 1. The minimum absolute atomic E-state index is 0.0104. The van der Waals surface area contributed by atoms with Crippen LogP contribution >= 0.6 is 11.8 Å². The summed E-state index contributed by atoms with van der Waals surface area (Å²) in [4.78, 5) is 12.7. The molecule has 2 aromatic carbocycles. The highest BCUT2D eigenvalue weighted by atomic mass is 32.2. The molecule has 0 unspecified atom stereocenters. The van der Waals surface area contributed by atoms with Crippen LogP contribution in [0.2, 0.25) is 0 Å². The number of carbonyl (C=O) groups excluding carboxylic acids is 1. The Bertz CT molecular complexity index is 984. The highest BCUT2D eigenvalue weighted by molar-refractivity contribution is 8.01. The standard InChI is InChI=1S/C21H21N3O2S/c1-13-18-19(15-8-7-11-17(12-15)26-3)27-14(2)21(25)22-20(18)24(23-13)16-9-5-4-6-10-16/h4-12,14,19H,1-3H3,(H,22,25)/t14-,19-/m0/s1. The molecule has 2 heterocycles. The first-order chi connectivity index (χ1) is 13.1. The molecule has 1 aliphatic rings. The molecule has 138 valence electrons.